The van der Waals surface area contributed by atoms with Gasteiger partial charge in [0.15, 0.2) is 11.9 Å². The molecule has 0 saturated carbocycles. The minimum atomic E-state index is -1.24. The Morgan fingerprint density at radius 1 is 1.26 bits per heavy atom. The van der Waals surface area contributed by atoms with E-state index >= 15 is 0 Å². The van der Waals surface area contributed by atoms with E-state index in [0.29, 0.717) is 9.13 Å². The molecule has 0 radical (unpaired) electrons. The molecular weight excluding hydrogens is 625 g/mol. The maximum atomic E-state index is 11.7. The summed E-state index contributed by atoms with van der Waals surface area (Å²) in [6, 6.07) is -0.542. The molecule has 2 aromatic heterocycles. The highest BCUT2D eigenvalue weighted by Crippen LogP contribution is 2.30. The number of aliphatic hydroxyl groups excluding tert-OH is 4. The molecule has 4 rings (SSSR count). The van der Waals surface area contributed by atoms with Crippen LogP contribution in [0.3, 0.4) is 0 Å². The molecule has 4 heterocycles. The van der Waals surface area contributed by atoms with E-state index < -0.39 is 66.7 Å². The molecule has 18 heteroatoms. The maximum Gasteiger partial charge on any atom is 0.359 e. The molecule has 2 aromatic rings. The second kappa shape index (κ2) is 12.8. The Labute approximate surface area is 227 Å². The van der Waals surface area contributed by atoms with Gasteiger partial charge in [-0.3, -0.25) is 14.3 Å². The van der Waals surface area contributed by atoms with Gasteiger partial charge in [-0.25, -0.2) is 14.3 Å². The van der Waals surface area contributed by atoms with Crippen LogP contribution in [0.15, 0.2) is 27.1 Å². The molecule has 17 nitrogen and oxygen atoms in total. The highest BCUT2D eigenvalue weighted by molar-refractivity contribution is 14.1. The van der Waals surface area contributed by atoms with Crippen molar-refractivity contribution in [2.24, 2.45) is 5.11 Å². The van der Waals surface area contributed by atoms with E-state index in [2.05, 4.69) is 24.8 Å². The van der Waals surface area contributed by atoms with E-state index in [9.17, 15) is 24.6 Å². The average molecular weight is 651 g/mol. The van der Waals surface area contributed by atoms with Crippen molar-refractivity contribution in [1.29, 1.82) is 0 Å². The lowest BCUT2D eigenvalue weighted by Gasteiger charge is -2.14. The van der Waals surface area contributed by atoms with Gasteiger partial charge in [0.05, 0.1) is 36.0 Å². The maximum absolute atomic E-state index is 11.7. The average Bonchev–Trinajstić information content (AvgIpc) is 3.57. The molecule has 0 aromatic carbocycles. The van der Waals surface area contributed by atoms with Gasteiger partial charge in [0.2, 0.25) is 0 Å². The fourth-order valence-electron chi connectivity index (χ4n) is 3.87. The first-order chi connectivity index (χ1) is 18.1. The topological polar surface area (TPSA) is 247 Å². The molecule has 208 valence electrons. The number of nitrogens with zero attached hydrogens (tertiary/aromatic N) is 6. The number of carbonyl (C=O) groups excluding carboxylic acids is 1. The Hall–Kier alpha value is -2.84. The molecule has 5 N–H and O–H groups in total. The Balaban J connectivity index is 0.000000211. The van der Waals surface area contributed by atoms with Gasteiger partial charge in [-0.15, -0.1) is 0 Å². The summed E-state index contributed by atoms with van der Waals surface area (Å²) in [5.41, 5.74) is 7.85. The molecule has 7 atom stereocenters. The van der Waals surface area contributed by atoms with Gasteiger partial charge < -0.3 is 34.6 Å². The quantitative estimate of drug-likeness (QED) is 0.0807. The molecule has 0 unspecified atom stereocenters. The van der Waals surface area contributed by atoms with E-state index in [1.165, 1.54) is 28.8 Å². The number of carbonyl (C=O) groups is 1. The Morgan fingerprint density at radius 2 is 1.95 bits per heavy atom. The van der Waals surface area contributed by atoms with Gasteiger partial charge in [-0.2, -0.15) is 5.10 Å². The number of H-pyrrole nitrogens is 1. The van der Waals surface area contributed by atoms with E-state index in [1.54, 1.807) is 6.92 Å². The summed E-state index contributed by atoms with van der Waals surface area (Å²) in [6.45, 7) is 0.840. The molecular formula is C20H26IN7O10. The van der Waals surface area contributed by atoms with Crippen LogP contribution >= 0.6 is 22.6 Å². The van der Waals surface area contributed by atoms with Crippen molar-refractivity contribution in [1.82, 2.24) is 19.3 Å². The molecule has 2 saturated heterocycles. The number of methoxy groups -OCH3 is 1. The fourth-order valence-corrected chi connectivity index (χ4v) is 4.48. The van der Waals surface area contributed by atoms with Crippen molar-refractivity contribution in [3.05, 3.63) is 58.5 Å². The first-order valence-electron chi connectivity index (χ1n) is 11.1. The van der Waals surface area contributed by atoms with Crippen molar-refractivity contribution < 1.29 is 39.4 Å². The van der Waals surface area contributed by atoms with E-state index in [1.807, 2.05) is 22.6 Å². The number of rotatable bonds is 6. The van der Waals surface area contributed by atoms with Crippen LogP contribution in [0.5, 0.6) is 0 Å². The van der Waals surface area contributed by atoms with Crippen molar-refractivity contribution >= 4 is 28.6 Å². The highest BCUT2D eigenvalue weighted by Gasteiger charge is 2.44. The zero-order chi connectivity index (χ0) is 28.1. The largest absolute Gasteiger partial charge is 0.464 e. The summed E-state index contributed by atoms with van der Waals surface area (Å²) >= 11 is 1.90. The molecule has 0 spiro atoms. The number of nitrogens with one attached hydrogen (secondary N) is 1. The SMILES string of the molecule is COC(=O)c1nn([C@@H]2O[C@H](CO)[C@@H](O)[C@H]2O)cc1I.Cc1cn([C@H]2C[C@H](N=[N+]=[N-])[C@@H](CO)O2)c(=O)[nH]c1=O. The molecule has 2 fully saturated rings. The fraction of sp³-hybridized carbons (Fsp3) is 0.600. The van der Waals surface area contributed by atoms with Crippen LogP contribution in [-0.2, 0) is 14.2 Å². The van der Waals surface area contributed by atoms with Crippen LogP contribution in [0.1, 0.15) is 34.9 Å². The number of aryl methyl sites for hydroxylation is 1. The third kappa shape index (κ3) is 6.24. The normalized spacial score (nSPS) is 28.3. The molecule has 2 aliphatic heterocycles. The summed E-state index contributed by atoms with van der Waals surface area (Å²) in [5, 5.41) is 45.1. The number of hydrogen-bond acceptors (Lipinski definition) is 12. The van der Waals surface area contributed by atoms with Crippen molar-refractivity contribution in [2.45, 2.75) is 56.3 Å². The number of aromatic amines is 1. The number of hydrogen-bond donors (Lipinski definition) is 5. The lowest BCUT2D eigenvalue weighted by molar-refractivity contribution is -0.0588. The van der Waals surface area contributed by atoms with Crippen LogP contribution in [0.25, 0.3) is 10.4 Å². The van der Waals surface area contributed by atoms with Crippen molar-refractivity contribution in [3.63, 3.8) is 0 Å². The van der Waals surface area contributed by atoms with Crippen molar-refractivity contribution in [3.8, 4) is 0 Å². The third-order valence-electron chi connectivity index (χ3n) is 5.88. The third-order valence-corrected chi connectivity index (χ3v) is 6.67. The van der Waals surface area contributed by atoms with Gasteiger partial charge in [-0.1, -0.05) is 5.11 Å². The Morgan fingerprint density at radius 3 is 2.53 bits per heavy atom. The lowest BCUT2D eigenvalue weighted by atomic mass is 10.1. The Bertz CT molecular complexity index is 1310. The van der Waals surface area contributed by atoms with Gasteiger partial charge in [0.25, 0.3) is 5.56 Å². The number of aliphatic hydroxyl groups is 4. The number of azide groups is 1. The van der Waals surface area contributed by atoms with Crippen LogP contribution in [-0.4, -0.2) is 96.5 Å². The monoisotopic (exact) mass is 651 g/mol. The number of esters is 1. The van der Waals surface area contributed by atoms with Gasteiger partial charge in [0.1, 0.15) is 24.5 Å². The summed E-state index contributed by atoms with van der Waals surface area (Å²) in [4.78, 5) is 39.3. The minimum absolute atomic E-state index is 0.0980. The predicted molar refractivity (Wildman–Crippen MR) is 134 cm³/mol. The van der Waals surface area contributed by atoms with Gasteiger partial charge in [0, 0.05) is 29.3 Å². The van der Waals surface area contributed by atoms with Crippen molar-refractivity contribution in [2.75, 3.05) is 20.3 Å². The summed E-state index contributed by atoms with van der Waals surface area (Å²) in [7, 11) is 1.24. The first-order valence-corrected chi connectivity index (χ1v) is 12.2. The molecule has 0 aliphatic carbocycles. The zero-order valence-electron chi connectivity index (χ0n) is 20.1. The highest BCUT2D eigenvalue weighted by atomic mass is 127. The Kier molecular flexibility index (Phi) is 10.0. The number of aromatic nitrogens is 4. The molecule has 0 amide bonds. The van der Waals surface area contributed by atoms with Gasteiger partial charge in [-0.05, 0) is 35.0 Å². The summed E-state index contributed by atoms with van der Waals surface area (Å²) in [5.74, 6) is -0.602. The molecule has 2 aliphatic rings. The van der Waals surface area contributed by atoms with E-state index in [0.717, 1.165) is 0 Å². The minimum Gasteiger partial charge on any atom is -0.464 e. The zero-order valence-corrected chi connectivity index (χ0v) is 22.3. The second-order valence-electron chi connectivity index (χ2n) is 8.32. The van der Waals surface area contributed by atoms with Crippen LogP contribution < -0.4 is 11.2 Å². The number of ether oxygens (including phenoxy) is 3. The second-order valence-corrected chi connectivity index (χ2v) is 9.49. The predicted octanol–water partition coefficient (Wildman–Crippen LogP) is -1.31. The summed E-state index contributed by atoms with van der Waals surface area (Å²) < 4.78 is 18.3. The molecule has 38 heavy (non-hydrogen) atoms. The standard InChI is InChI=1S/C10H13IN2O6.C10H13N5O4/c1-18-10(17)6-4(11)2-13(12-6)9-8(16)7(15)5(3-14)19-9;1-5-3-15(10(18)12-9(5)17)8-2-6(13-14-11)7(4-16)19-8/h2,5,7-9,14-16H,3H2,1H3;3,6-8,16H,2,4H2,1H3,(H,12,17,18)/t5-,7-,8-,9-;6-,7+,8+/m10/s1. The van der Waals surface area contributed by atoms with Gasteiger partial charge >= 0.3 is 11.7 Å². The first kappa shape index (κ1) is 29.7. The smallest absolute Gasteiger partial charge is 0.359 e. The van der Waals surface area contributed by atoms with Crippen LogP contribution in [0.2, 0.25) is 0 Å². The van der Waals surface area contributed by atoms with E-state index in [4.69, 9.17) is 25.2 Å². The number of halogens is 1. The lowest BCUT2D eigenvalue weighted by Crippen LogP contribution is -2.33. The summed E-state index contributed by atoms with van der Waals surface area (Å²) in [6.07, 6.45) is -2.47. The van der Waals surface area contributed by atoms with E-state index in [-0.39, 0.29) is 18.7 Å². The van der Waals surface area contributed by atoms with Crippen LogP contribution in [0, 0.1) is 10.5 Å². The van der Waals surface area contributed by atoms with Crippen LogP contribution in [0.4, 0.5) is 0 Å². The molecule has 0 bridgehead atoms.